The van der Waals surface area contributed by atoms with Crippen molar-refractivity contribution in [2.24, 2.45) is 0 Å². The van der Waals surface area contributed by atoms with Gasteiger partial charge in [-0.3, -0.25) is 0 Å². The lowest BCUT2D eigenvalue weighted by atomic mass is 10.2. The summed E-state index contributed by atoms with van der Waals surface area (Å²) in [5.74, 6) is 1.09. The second kappa shape index (κ2) is 7.63. The van der Waals surface area contributed by atoms with Gasteiger partial charge in [0.05, 0.1) is 11.5 Å². The molecule has 0 aromatic carbocycles. The molecule has 2 heterocycles. The number of rotatable bonds is 6. The first-order valence-electron chi connectivity index (χ1n) is 7.88. The third-order valence-corrected chi connectivity index (χ3v) is 5.69. The molecule has 1 saturated heterocycles. The van der Waals surface area contributed by atoms with Crippen LogP contribution in [0.25, 0.3) is 0 Å². The molecule has 0 saturated carbocycles. The summed E-state index contributed by atoms with van der Waals surface area (Å²) in [6.45, 7) is 6.31. The van der Waals surface area contributed by atoms with Crippen LogP contribution >= 0.6 is 0 Å². The standard InChI is InChI=1S/C15H24N4O3S/c1-3-19(4-2)14-6-5-12(9-16-14)10-17-15(20)18-13-7-8-23(21,22)11-13/h5-6,9,13H,3-4,7-8,10-11H2,1-2H3,(H2,17,18,20)/t13-/m1/s1. The molecule has 8 heteroatoms. The highest BCUT2D eigenvalue weighted by Crippen LogP contribution is 2.12. The van der Waals surface area contributed by atoms with E-state index in [1.165, 1.54) is 0 Å². The summed E-state index contributed by atoms with van der Waals surface area (Å²) in [6.07, 6.45) is 2.23. The maximum absolute atomic E-state index is 11.8. The average molecular weight is 340 g/mol. The molecule has 128 valence electrons. The van der Waals surface area contributed by atoms with E-state index in [4.69, 9.17) is 0 Å². The van der Waals surface area contributed by atoms with E-state index in [-0.39, 0.29) is 23.6 Å². The molecule has 1 aliphatic rings. The predicted octanol–water partition coefficient (Wildman–Crippen LogP) is 0.914. The molecule has 0 aliphatic carbocycles. The van der Waals surface area contributed by atoms with Gasteiger partial charge in [0.2, 0.25) is 0 Å². The third-order valence-electron chi connectivity index (χ3n) is 3.92. The lowest BCUT2D eigenvalue weighted by Crippen LogP contribution is -2.42. The Bertz CT molecular complexity index is 627. The highest BCUT2D eigenvalue weighted by molar-refractivity contribution is 7.91. The van der Waals surface area contributed by atoms with Gasteiger partial charge in [-0.25, -0.2) is 18.2 Å². The molecule has 1 atom stereocenters. The normalized spacial score (nSPS) is 19.3. The number of aromatic nitrogens is 1. The Morgan fingerprint density at radius 1 is 1.35 bits per heavy atom. The van der Waals surface area contributed by atoms with Crippen molar-refractivity contribution in [2.75, 3.05) is 29.5 Å². The molecule has 2 rings (SSSR count). The minimum absolute atomic E-state index is 0.0283. The molecule has 1 fully saturated rings. The zero-order valence-corrected chi connectivity index (χ0v) is 14.4. The summed E-state index contributed by atoms with van der Waals surface area (Å²) in [7, 11) is -2.98. The van der Waals surface area contributed by atoms with E-state index < -0.39 is 9.84 Å². The van der Waals surface area contributed by atoms with Gasteiger partial charge >= 0.3 is 6.03 Å². The summed E-state index contributed by atoms with van der Waals surface area (Å²) in [6, 6.07) is 3.23. The van der Waals surface area contributed by atoms with Crippen molar-refractivity contribution in [3.8, 4) is 0 Å². The second-order valence-corrected chi connectivity index (χ2v) is 7.85. The van der Waals surface area contributed by atoms with E-state index in [1.54, 1.807) is 6.20 Å². The summed E-state index contributed by atoms with van der Waals surface area (Å²) in [5.41, 5.74) is 0.898. The Balaban J connectivity index is 1.80. The molecule has 1 aliphatic heterocycles. The number of hydrogen-bond acceptors (Lipinski definition) is 5. The van der Waals surface area contributed by atoms with Crippen molar-refractivity contribution in [3.05, 3.63) is 23.9 Å². The predicted molar refractivity (Wildman–Crippen MR) is 90.2 cm³/mol. The van der Waals surface area contributed by atoms with Crippen LogP contribution in [-0.4, -0.2) is 50.1 Å². The Morgan fingerprint density at radius 2 is 2.09 bits per heavy atom. The van der Waals surface area contributed by atoms with Crippen LogP contribution in [0.1, 0.15) is 25.8 Å². The van der Waals surface area contributed by atoms with Crippen LogP contribution in [0, 0.1) is 0 Å². The fraction of sp³-hybridized carbons (Fsp3) is 0.600. The van der Waals surface area contributed by atoms with Gasteiger partial charge in [0, 0.05) is 31.9 Å². The Morgan fingerprint density at radius 3 is 2.61 bits per heavy atom. The lowest BCUT2D eigenvalue weighted by Gasteiger charge is -2.19. The van der Waals surface area contributed by atoms with Crippen molar-refractivity contribution in [2.45, 2.75) is 32.9 Å². The molecule has 1 aromatic rings. The van der Waals surface area contributed by atoms with E-state index in [0.717, 1.165) is 24.5 Å². The Kier molecular flexibility index (Phi) is 5.81. The van der Waals surface area contributed by atoms with Crippen LogP contribution in [0.15, 0.2) is 18.3 Å². The first kappa shape index (κ1) is 17.5. The maximum Gasteiger partial charge on any atom is 0.315 e. The van der Waals surface area contributed by atoms with E-state index >= 15 is 0 Å². The van der Waals surface area contributed by atoms with E-state index in [1.807, 2.05) is 12.1 Å². The van der Waals surface area contributed by atoms with E-state index in [0.29, 0.717) is 13.0 Å². The molecule has 0 spiro atoms. The number of urea groups is 1. The smallest absolute Gasteiger partial charge is 0.315 e. The van der Waals surface area contributed by atoms with Crippen LogP contribution in [-0.2, 0) is 16.4 Å². The number of carbonyl (C=O) groups excluding carboxylic acids is 1. The molecular weight excluding hydrogens is 316 g/mol. The zero-order valence-electron chi connectivity index (χ0n) is 13.6. The minimum Gasteiger partial charge on any atom is -0.357 e. The van der Waals surface area contributed by atoms with Crippen LogP contribution in [0.3, 0.4) is 0 Å². The maximum atomic E-state index is 11.8. The third kappa shape index (κ3) is 5.09. The molecule has 2 amide bonds. The Hall–Kier alpha value is -1.83. The second-order valence-electron chi connectivity index (χ2n) is 5.62. The molecule has 0 radical (unpaired) electrons. The molecule has 2 N–H and O–H groups in total. The number of anilines is 1. The molecule has 23 heavy (non-hydrogen) atoms. The Labute approximate surface area is 137 Å². The zero-order chi connectivity index (χ0) is 16.9. The topological polar surface area (TPSA) is 91.4 Å². The highest BCUT2D eigenvalue weighted by atomic mass is 32.2. The monoisotopic (exact) mass is 340 g/mol. The fourth-order valence-corrected chi connectivity index (χ4v) is 4.26. The van der Waals surface area contributed by atoms with Crippen molar-refractivity contribution in [1.82, 2.24) is 15.6 Å². The van der Waals surface area contributed by atoms with Crippen molar-refractivity contribution in [1.29, 1.82) is 0 Å². The molecular formula is C15H24N4O3S. The number of nitrogens with one attached hydrogen (secondary N) is 2. The molecule has 1 aromatic heterocycles. The van der Waals surface area contributed by atoms with Crippen molar-refractivity contribution < 1.29 is 13.2 Å². The largest absolute Gasteiger partial charge is 0.357 e. The first-order valence-corrected chi connectivity index (χ1v) is 9.70. The number of amides is 2. The fourth-order valence-electron chi connectivity index (χ4n) is 2.58. The van der Waals surface area contributed by atoms with Gasteiger partial charge in [-0.2, -0.15) is 0 Å². The number of carbonyl (C=O) groups is 1. The SMILES string of the molecule is CCN(CC)c1ccc(CNC(=O)N[C@@H]2CCS(=O)(=O)C2)cn1. The van der Waals surface area contributed by atoms with Crippen molar-refractivity contribution >= 4 is 21.7 Å². The van der Waals surface area contributed by atoms with Gasteiger partial charge < -0.3 is 15.5 Å². The number of nitrogens with zero attached hydrogens (tertiary/aromatic N) is 2. The number of pyridine rings is 1. The van der Waals surface area contributed by atoms with Gasteiger partial charge in [-0.15, -0.1) is 0 Å². The summed E-state index contributed by atoms with van der Waals surface area (Å²) in [5, 5.41) is 5.43. The van der Waals surface area contributed by atoms with E-state index in [2.05, 4.69) is 34.4 Å². The summed E-state index contributed by atoms with van der Waals surface area (Å²) in [4.78, 5) is 18.3. The van der Waals surface area contributed by atoms with Crippen molar-refractivity contribution in [3.63, 3.8) is 0 Å². The first-order chi connectivity index (χ1) is 10.9. The van der Waals surface area contributed by atoms with Crippen LogP contribution in [0.5, 0.6) is 0 Å². The lowest BCUT2D eigenvalue weighted by molar-refractivity contribution is 0.237. The van der Waals surface area contributed by atoms with Gasteiger partial charge in [0.15, 0.2) is 9.84 Å². The average Bonchev–Trinajstić information content (AvgIpc) is 2.86. The van der Waals surface area contributed by atoms with Crippen LogP contribution in [0.4, 0.5) is 10.6 Å². The summed E-state index contributed by atoms with van der Waals surface area (Å²) < 4.78 is 22.7. The van der Waals surface area contributed by atoms with Gasteiger partial charge in [0.25, 0.3) is 0 Å². The van der Waals surface area contributed by atoms with Gasteiger partial charge in [0.1, 0.15) is 5.82 Å². The number of hydrogen-bond donors (Lipinski definition) is 2. The molecule has 0 unspecified atom stereocenters. The quantitative estimate of drug-likeness (QED) is 0.803. The van der Waals surface area contributed by atoms with Crippen LogP contribution in [0.2, 0.25) is 0 Å². The van der Waals surface area contributed by atoms with Gasteiger partial charge in [-0.1, -0.05) is 6.07 Å². The summed E-state index contributed by atoms with van der Waals surface area (Å²) >= 11 is 0. The van der Waals surface area contributed by atoms with Crippen LogP contribution < -0.4 is 15.5 Å². The molecule has 0 bridgehead atoms. The van der Waals surface area contributed by atoms with E-state index in [9.17, 15) is 13.2 Å². The number of sulfone groups is 1. The minimum atomic E-state index is -2.98. The molecule has 7 nitrogen and oxygen atoms in total. The van der Waals surface area contributed by atoms with Gasteiger partial charge in [-0.05, 0) is 31.9 Å². The highest BCUT2D eigenvalue weighted by Gasteiger charge is 2.28.